The zero-order valence-corrected chi connectivity index (χ0v) is 23.3. The van der Waals surface area contributed by atoms with Crippen molar-refractivity contribution in [3.05, 3.63) is 57.8 Å². The van der Waals surface area contributed by atoms with Crippen molar-refractivity contribution in [2.45, 2.75) is 74.8 Å². The first-order chi connectivity index (χ1) is 20.5. The Morgan fingerprint density at radius 3 is 2.60 bits per heavy atom. The fourth-order valence-corrected chi connectivity index (χ4v) is 7.24. The largest absolute Gasteiger partial charge is 0.507 e. The van der Waals surface area contributed by atoms with Crippen LogP contribution in [0.1, 0.15) is 68.7 Å². The highest BCUT2D eigenvalue weighted by Crippen LogP contribution is 2.52. The van der Waals surface area contributed by atoms with Gasteiger partial charge in [0, 0.05) is 41.2 Å². The van der Waals surface area contributed by atoms with Gasteiger partial charge in [0.05, 0.1) is 23.8 Å². The molecule has 6 atom stereocenters. The minimum Gasteiger partial charge on any atom is -0.507 e. The summed E-state index contributed by atoms with van der Waals surface area (Å²) >= 11 is 0. The first-order valence-corrected chi connectivity index (χ1v) is 14.4. The smallest absolute Gasteiger partial charge is 0.240 e. The number of rotatable bonds is 1. The number of carbonyl (C=O) groups is 2. The molecule has 0 unspecified atom stereocenters. The van der Waals surface area contributed by atoms with E-state index in [4.69, 9.17) is 9.47 Å². The summed E-state index contributed by atoms with van der Waals surface area (Å²) in [5, 5.41) is 69.5. The van der Waals surface area contributed by atoms with Gasteiger partial charge in [-0.25, -0.2) is 4.98 Å². The van der Waals surface area contributed by atoms with E-state index in [-0.39, 0.29) is 72.4 Å². The van der Waals surface area contributed by atoms with Crippen LogP contribution >= 0.6 is 0 Å². The molecule has 12 nitrogen and oxygen atoms in total. The van der Waals surface area contributed by atoms with Gasteiger partial charge in [-0.3, -0.25) is 9.59 Å². The molecular formula is C31H32N2O10. The lowest BCUT2D eigenvalue weighted by atomic mass is 9.75. The Balaban J connectivity index is 1.55. The third-order valence-corrected chi connectivity index (χ3v) is 9.38. The number of phenolic OH excluding ortho intramolecular Hbond substituents is 1. The molecule has 5 heterocycles. The van der Waals surface area contributed by atoms with Gasteiger partial charge in [0.2, 0.25) is 11.6 Å². The Morgan fingerprint density at radius 1 is 1.05 bits per heavy atom. The predicted molar refractivity (Wildman–Crippen MR) is 150 cm³/mol. The number of nitrogens with one attached hydrogen (secondary N) is 1. The Bertz CT molecular complexity index is 1710. The van der Waals surface area contributed by atoms with Gasteiger partial charge in [-0.15, -0.1) is 0 Å². The van der Waals surface area contributed by atoms with Crippen LogP contribution in [0, 0.1) is 6.92 Å². The van der Waals surface area contributed by atoms with Crippen LogP contribution < -0.4 is 10.1 Å². The number of phenols is 1. The molecule has 0 radical (unpaired) electrons. The lowest BCUT2D eigenvalue weighted by Gasteiger charge is -2.55. The number of ether oxygens (including phenoxy) is 2. The summed E-state index contributed by atoms with van der Waals surface area (Å²) in [6, 6.07) is 4.55. The van der Waals surface area contributed by atoms with E-state index in [0.29, 0.717) is 27.7 Å². The molecule has 43 heavy (non-hydrogen) atoms. The van der Waals surface area contributed by atoms with E-state index in [0.717, 1.165) is 0 Å². The molecule has 12 heteroatoms. The molecule has 4 aliphatic heterocycles. The summed E-state index contributed by atoms with van der Waals surface area (Å²) < 4.78 is 12.8. The van der Waals surface area contributed by atoms with Crippen molar-refractivity contribution in [2.24, 2.45) is 0 Å². The minimum atomic E-state index is -2.02. The van der Waals surface area contributed by atoms with Crippen molar-refractivity contribution >= 4 is 28.2 Å². The average Bonchev–Trinajstić information content (AvgIpc) is 2.98. The SMILES string of the molecule is Cc1cc(O)c2c(c1)C(=O)c1c(c3c4c5c(nccc15)NC[C@H](O)CCC[C@]1(CO)O[C@@](CC4)(O3)[C@H](O)[C@@H](O)[C@@H]1O)C2=O. The van der Waals surface area contributed by atoms with Gasteiger partial charge in [0.1, 0.15) is 41.2 Å². The maximum Gasteiger partial charge on any atom is 0.240 e. The fraction of sp³-hybridized carbons (Fsp3) is 0.452. The van der Waals surface area contributed by atoms with Gasteiger partial charge in [-0.05, 0) is 61.8 Å². The maximum atomic E-state index is 14.2. The first kappa shape index (κ1) is 28.1. The second kappa shape index (κ2) is 9.68. The number of aromatic nitrogens is 1. The van der Waals surface area contributed by atoms with Crippen molar-refractivity contribution in [1.82, 2.24) is 4.98 Å². The molecule has 2 aromatic carbocycles. The van der Waals surface area contributed by atoms with Crippen LogP contribution in [0.2, 0.25) is 0 Å². The fourth-order valence-electron chi connectivity index (χ4n) is 7.24. The standard InChI is InChI=1S/C31H32N2O10/c1-13-9-17-20(18(36)10-13)24(38)22-21(23(17)37)15-5-8-32-29-19(15)16-4-7-31(42-26(16)22)28(41)25(39)27(40)30(12-34,43-31)6-2-3-14(35)11-33-29/h5,8-10,14,25,27-28,34-36,39-41H,2-4,6-7,11-12H2,1H3,(H,32,33)/t14-,25+,27+,28-,30-,31-/m1/s1. The molecule has 1 saturated heterocycles. The monoisotopic (exact) mass is 592 g/mol. The molecule has 5 bridgehead atoms. The summed E-state index contributed by atoms with van der Waals surface area (Å²) in [5.41, 5.74) is -0.965. The number of anilines is 1. The molecule has 226 valence electrons. The number of aliphatic hydroxyl groups is 5. The van der Waals surface area contributed by atoms with E-state index >= 15 is 0 Å². The summed E-state index contributed by atoms with van der Waals surface area (Å²) in [7, 11) is 0. The number of benzene rings is 2. The maximum absolute atomic E-state index is 14.2. The van der Waals surface area contributed by atoms with Crippen molar-refractivity contribution in [3.63, 3.8) is 0 Å². The van der Waals surface area contributed by atoms with Crippen molar-refractivity contribution < 1.29 is 49.7 Å². The zero-order chi connectivity index (χ0) is 30.4. The van der Waals surface area contributed by atoms with E-state index in [2.05, 4.69) is 10.3 Å². The molecule has 1 aliphatic carbocycles. The van der Waals surface area contributed by atoms with Crippen molar-refractivity contribution in [1.29, 1.82) is 0 Å². The van der Waals surface area contributed by atoms with Gasteiger partial charge >= 0.3 is 0 Å². The third-order valence-electron chi connectivity index (χ3n) is 9.38. The Labute approximate surface area is 245 Å². The van der Waals surface area contributed by atoms with Gasteiger partial charge in [-0.1, -0.05) is 0 Å². The van der Waals surface area contributed by atoms with Crippen LogP contribution in [-0.4, -0.2) is 96.1 Å². The van der Waals surface area contributed by atoms with E-state index in [1.54, 1.807) is 13.0 Å². The Kier molecular flexibility index (Phi) is 6.33. The van der Waals surface area contributed by atoms with E-state index in [1.807, 2.05) is 0 Å². The second-order valence-corrected chi connectivity index (χ2v) is 12.1. The van der Waals surface area contributed by atoms with Crippen LogP contribution in [0.5, 0.6) is 11.5 Å². The highest BCUT2D eigenvalue weighted by atomic mass is 16.7. The molecule has 5 aliphatic rings. The normalized spacial score (nSPS) is 31.7. The van der Waals surface area contributed by atoms with Crippen LogP contribution in [0.25, 0.3) is 10.8 Å². The van der Waals surface area contributed by atoms with Gasteiger partial charge in [0.25, 0.3) is 0 Å². The molecule has 3 aromatic rings. The van der Waals surface area contributed by atoms with Crippen molar-refractivity contribution in [3.8, 4) is 11.5 Å². The molecular weight excluding hydrogens is 560 g/mol. The van der Waals surface area contributed by atoms with Crippen LogP contribution in [0.15, 0.2) is 24.4 Å². The van der Waals surface area contributed by atoms with Gasteiger partial charge in [-0.2, -0.15) is 0 Å². The van der Waals surface area contributed by atoms with Crippen molar-refractivity contribution in [2.75, 3.05) is 18.5 Å². The van der Waals surface area contributed by atoms with Gasteiger partial charge < -0.3 is 45.4 Å². The number of hydrogen-bond donors (Lipinski definition) is 7. The lowest BCUT2D eigenvalue weighted by molar-refractivity contribution is -0.377. The zero-order valence-electron chi connectivity index (χ0n) is 23.3. The number of hydrogen-bond acceptors (Lipinski definition) is 12. The molecule has 1 aromatic heterocycles. The topological polar surface area (TPSA) is 199 Å². The van der Waals surface area contributed by atoms with E-state index < -0.39 is 54.0 Å². The summed E-state index contributed by atoms with van der Waals surface area (Å²) in [4.78, 5) is 32.9. The number of fused-ring (bicyclic) bond motifs is 9. The Hall–Kier alpha value is -3.65. The van der Waals surface area contributed by atoms with Crippen LogP contribution in [-0.2, 0) is 11.2 Å². The number of pyridine rings is 1. The number of nitrogens with zero attached hydrogens (tertiary/aromatic N) is 1. The van der Waals surface area contributed by atoms with E-state index in [1.165, 1.54) is 18.3 Å². The highest BCUT2D eigenvalue weighted by molar-refractivity contribution is 6.34. The average molecular weight is 593 g/mol. The van der Waals surface area contributed by atoms with Crippen LogP contribution in [0.3, 0.4) is 0 Å². The number of aryl methyl sites for hydroxylation is 2. The summed E-state index contributed by atoms with van der Waals surface area (Å²) in [6.45, 7) is 1.05. The predicted octanol–water partition coefficient (Wildman–Crippen LogP) is 0.846. The first-order valence-electron chi connectivity index (χ1n) is 14.4. The highest BCUT2D eigenvalue weighted by Gasteiger charge is 2.63. The summed E-state index contributed by atoms with van der Waals surface area (Å²) in [5.74, 6) is -3.30. The van der Waals surface area contributed by atoms with Crippen LogP contribution in [0.4, 0.5) is 5.82 Å². The molecule has 1 spiro atoms. The number of aliphatic hydroxyl groups excluding tert-OH is 5. The van der Waals surface area contributed by atoms with E-state index in [9.17, 15) is 40.2 Å². The summed E-state index contributed by atoms with van der Waals surface area (Å²) in [6.07, 6.45) is -4.02. The number of ketones is 2. The molecule has 0 saturated carbocycles. The lowest BCUT2D eigenvalue weighted by Crippen LogP contribution is -2.73. The Morgan fingerprint density at radius 2 is 1.84 bits per heavy atom. The minimum absolute atomic E-state index is 0.00741. The molecule has 1 fully saturated rings. The number of carbonyl (C=O) groups excluding carboxylic acids is 2. The molecule has 0 amide bonds. The third kappa shape index (κ3) is 3.88. The van der Waals surface area contributed by atoms with Gasteiger partial charge in [0.15, 0.2) is 5.78 Å². The second-order valence-electron chi connectivity index (χ2n) is 12.1. The molecule has 7 N–H and O–H groups in total. The quantitative estimate of drug-likeness (QED) is 0.165. The number of aromatic hydroxyl groups is 1. The molecule has 8 rings (SSSR count).